The zero-order valence-corrected chi connectivity index (χ0v) is 13.8. The summed E-state index contributed by atoms with van der Waals surface area (Å²) in [5, 5.41) is 26.8. The van der Waals surface area contributed by atoms with E-state index in [1.54, 1.807) is 0 Å². The molecule has 0 spiro atoms. The Morgan fingerprint density at radius 1 is 1.20 bits per heavy atom. The molecule has 0 aliphatic heterocycles. The number of phenols is 1. The van der Waals surface area contributed by atoms with E-state index in [-0.39, 0.29) is 31.6 Å². The van der Waals surface area contributed by atoms with Crippen LogP contribution in [0.5, 0.6) is 5.75 Å². The number of benzene rings is 1. The molecule has 0 bridgehead atoms. The van der Waals surface area contributed by atoms with Crippen LogP contribution in [0.15, 0.2) is 24.3 Å². The molecular formula is C14H18N2O8S. The van der Waals surface area contributed by atoms with Crippen molar-refractivity contribution >= 4 is 29.6 Å². The monoisotopic (exact) mass is 374 g/mol. The highest BCUT2D eigenvalue weighted by atomic mass is 32.2. The molecule has 0 fully saturated rings. The van der Waals surface area contributed by atoms with Crippen molar-refractivity contribution in [3.8, 4) is 5.75 Å². The Labute approximate surface area is 146 Å². The Balaban J connectivity index is 2.43. The van der Waals surface area contributed by atoms with E-state index in [0.717, 1.165) is 0 Å². The fourth-order valence-corrected chi connectivity index (χ4v) is 2.41. The Bertz CT molecular complexity index is 595. The Hall–Kier alpha value is -2.50. The molecule has 11 heteroatoms. The highest BCUT2D eigenvalue weighted by molar-refractivity contribution is 7.88. The SMILES string of the molecule is O=C(O)CCCOC(=O)N[S+]([O-])NC(Cc1ccc(O)cc1)C(=O)O. The summed E-state index contributed by atoms with van der Waals surface area (Å²) in [6.45, 7) is -0.175. The standard InChI is InChI=1S/C14H18N2O8S/c17-10-5-3-9(4-6-10)8-11(13(20)21)15-25(23)16-14(22)24-7-1-2-12(18)19/h3-6,11,15,17H,1-2,7-8H2,(H,16,22)(H,18,19)(H,20,21). The average molecular weight is 374 g/mol. The van der Waals surface area contributed by atoms with Gasteiger partial charge in [0, 0.05) is 12.8 Å². The van der Waals surface area contributed by atoms with Gasteiger partial charge in [0.15, 0.2) is 17.6 Å². The van der Waals surface area contributed by atoms with Gasteiger partial charge in [0.05, 0.1) is 6.61 Å². The van der Waals surface area contributed by atoms with Crippen molar-refractivity contribution in [2.24, 2.45) is 0 Å². The topological polar surface area (TPSA) is 168 Å². The first kappa shape index (κ1) is 20.5. The molecule has 0 saturated carbocycles. The molecule has 138 valence electrons. The third-order valence-electron chi connectivity index (χ3n) is 2.87. The number of carbonyl (C=O) groups is 3. The third-order valence-corrected chi connectivity index (χ3v) is 3.72. The van der Waals surface area contributed by atoms with Crippen LogP contribution in [0, 0.1) is 0 Å². The van der Waals surface area contributed by atoms with Crippen LogP contribution in [-0.4, -0.2) is 50.6 Å². The van der Waals surface area contributed by atoms with Gasteiger partial charge in [-0.3, -0.25) is 9.59 Å². The molecule has 5 N–H and O–H groups in total. The second kappa shape index (κ2) is 10.4. The fraction of sp³-hybridized carbons (Fsp3) is 0.357. The van der Waals surface area contributed by atoms with E-state index in [1.807, 2.05) is 4.72 Å². The van der Waals surface area contributed by atoms with Gasteiger partial charge < -0.3 is 24.6 Å². The van der Waals surface area contributed by atoms with E-state index < -0.39 is 35.6 Å². The van der Waals surface area contributed by atoms with E-state index in [1.165, 1.54) is 24.3 Å². The van der Waals surface area contributed by atoms with Gasteiger partial charge in [-0.2, -0.15) is 0 Å². The largest absolute Gasteiger partial charge is 0.573 e. The molecule has 0 aromatic heterocycles. The van der Waals surface area contributed by atoms with E-state index in [4.69, 9.17) is 10.2 Å². The zero-order chi connectivity index (χ0) is 18.8. The van der Waals surface area contributed by atoms with Gasteiger partial charge >= 0.3 is 18.0 Å². The van der Waals surface area contributed by atoms with Gasteiger partial charge in [-0.05, 0) is 24.1 Å². The minimum atomic E-state index is -2.21. The summed E-state index contributed by atoms with van der Waals surface area (Å²) in [4.78, 5) is 32.9. The molecule has 1 rings (SSSR count). The Kier molecular flexibility index (Phi) is 8.53. The minimum Gasteiger partial charge on any atom is -0.573 e. The molecule has 25 heavy (non-hydrogen) atoms. The lowest BCUT2D eigenvalue weighted by Gasteiger charge is -2.16. The number of nitrogens with one attached hydrogen (secondary N) is 2. The quantitative estimate of drug-likeness (QED) is 0.282. The second-order valence-corrected chi connectivity index (χ2v) is 5.86. The number of rotatable bonds is 10. The first-order valence-corrected chi connectivity index (χ1v) is 8.26. The highest BCUT2D eigenvalue weighted by Gasteiger charge is 2.26. The van der Waals surface area contributed by atoms with E-state index in [2.05, 4.69) is 9.46 Å². The molecule has 0 saturated heterocycles. The minimum absolute atomic E-state index is 0.0273. The smallest absolute Gasteiger partial charge is 0.450 e. The first-order valence-electron chi connectivity index (χ1n) is 7.11. The van der Waals surface area contributed by atoms with Gasteiger partial charge in [0.25, 0.3) is 0 Å². The van der Waals surface area contributed by atoms with Gasteiger partial charge in [-0.1, -0.05) is 12.1 Å². The van der Waals surface area contributed by atoms with Crippen LogP contribution in [0.1, 0.15) is 18.4 Å². The van der Waals surface area contributed by atoms with Crippen LogP contribution in [0.25, 0.3) is 0 Å². The molecule has 2 unspecified atom stereocenters. The predicted octanol–water partition coefficient (Wildman–Crippen LogP) is 0.147. The van der Waals surface area contributed by atoms with Crippen LogP contribution >= 0.6 is 0 Å². The lowest BCUT2D eigenvalue weighted by Crippen LogP contribution is -2.49. The number of hydrogen-bond donors (Lipinski definition) is 5. The van der Waals surface area contributed by atoms with Crippen LogP contribution in [0.2, 0.25) is 0 Å². The van der Waals surface area contributed by atoms with Crippen molar-refractivity contribution in [3.63, 3.8) is 0 Å². The Morgan fingerprint density at radius 3 is 2.40 bits per heavy atom. The summed E-state index contributed by atoms with van der Waals surface area (Å²) in [5.41, 5.74) is 0.575. The molecule has 0 aliphatic carbocycles. The number of phenolic OH excluding ortho intramolecular Hbond substituents is 1. The number of hydrogen-bond acceptors (Lipinski definition) is 7. The predicted molar refractivity (Wildman–Crippen MR) is 85.9 cm³/mol. The van der Waals surface area contributed by atoms with Gasteiger partial charge in [-0.15, -0.1) is 9.44 Å². The van der Waals surface area contributed by atoms with Gasteiger partial charge in [-0.25, -0.2) is 4.79 Å². The molecular weight excluding hydrogens is 356 g/mol. The van der Waals surface area contributed by atoms with Gasteiger partial charge in [0.2, 0.25) is 0 Å². The molecule has 1 aromatic rings. The summed E-state index contributed by atoms with van der Waals surface area (Å²) in [6, 6.07) is 4.55. The number of amides is 1. The summed E-state index contributed by atoms with van der Waals surface area (Å²) in [5.74, 6) is -2.29. The van der Waals surface area contributed by atoms with Crippen LogP contribution in [0.3, 0.4) is 0 Å². The molecule has 1 aromatic carbocycles. The summed E-state index contributed by atoms with van der Waals surface area (Å²) in [7, 11) is 0. The van der Waals surface area contributed by atoms with Crippen LogP contribution in [-0.2, 0) is 32.3 Å². The molecule has 0 radical (unpaired) electrons. The van der Waals surface area contributed by atoms with E-state index in [0.29, 0.717) is 5.56 Å². The second-order valence-electron chi connectivity index (χ2n) is 4.88. The first-order chi connectivity index (χ1) is 11.8. The number of aliphatic carboxylic acids is 2. The summed E-state index contributed by atoms with van der Waals surface area (Å²) >= 11 is -2.21. The molecule has 2 atom stereocenters. The maximum Gasteiger partial charge on any atom is 0.450 e. The number of carboxylic acid groups (broad SMARTS) is 2. The van der Waals surface area contributed by atoms with Gasteiger partial charge in [0.1, 0.15) is 5.75 Å². The summed E-state index contributed by atoms with van der Waals surface area (Å²) < 4.78 is 20.5. The number of carbonyl (C=O) groups excluding carboxylic acids is 1. The van der Waals surface area contributed by atoms with Crippen LogP contribution < -0.4 is 9.44 Å². The van der Waals surface area contributed by atoms with Crippen molar-refractivity contribution in [1.29, 1.82) is 0 Å². The Morgan fingerprint density at radius 2 is 1.84 bits per heavy atom. The molecule has 1 amide bonds. The average Bonchev–Trinajstić information content (AvgIpc) is 2.52. The fourth-order valence-electron chi connectivity index (χ4n) is 1.70. The van der Waals surface area contributed by atoms with Crippen molar-refractivity contribution in [2.45, 2.75) is 25.3 Å². The molecule has 0 heterocycles. The third kappa shape index (κ3) is 8.79. The maximum atomic E-state index is 11.7. The van der Waals surface area contributed by atoms with Crippen molar-refractivity contribution in [1.82, 2.24) is 9.44 Å². The van der Waals surface area contributed by atoms with E-state index >= 15 is 0 Å². The maximum absolute atomic E-state index is 11.7. The van der Waals surface area contributed by atoms with Crippen LogP contribution in [0.4, 0.5) is 4.79 Å². The van der Waals surface area contributed by atoms with E-state index in [9.17, 15) is 24.0 Å². The van der Waals surface area contributed by atoms with Crippen molar-refractivity contribution < 1.29 is 39.0 Å². The lowest BCUT2D eigenvalue weighted by molar-refractivity contribution is -0.139. The lowest BCUT2D eigenvalue weighted by atomic mass is 10.1. The number of aromatic hydroxyl groups is 1. The zero-order valence-electron chi connectivity index (χ0n) is 13.0. The van der Waals surface area contributed by atoms with Crippen molar-refractivity contribution in [3.05, 3.63) is 29.8 Å². The number of ether oxygens (including phenoxy) is 1. The molecule has 10 nitrogen and oxygen atoms in total. The normalized spacial score (nSPS) is 12.8. The highest BCUT2D eigenvalue weighted by Crippen LogP contribution is 2.11. The van der Waals surface area contributed by atoms with Crippen molar-refractivity contribution in [2.75, 3.05) is 6.61 Å². The number of carboxylic acids is 2. The molecule has 0 aliphatic rings. The summed E-state index contributed by atoms with van der Waals surface area (Å²) in [6.07, 6.45) is -1.18.